The Bertz CT molecular complexity index is 1690. The molecular formula is C35H34N2O5S2. The second-order valence-corrected chi connectivity index (χ2v) is 13.9. The summed E-state index contributed by atoms with van der Waals surface area (Å²) in [7, 11) is 0. The first-order valence-corrected chi connectivity index (χ1v) is 16.1. The number of para-hydroxylation sites is 1. The Hall–Kier alpha value is -3.95. The van der Waals surface area contributed by atoms with Gasteiger partial charge >= 0.3 is 11.9 Å². The van der Waals surface area contributed by atoms with Crippen molar-refractivity contribution in [1.82, 2.24) is 4.90 Å². The molecule has 3 aromatic carbocycles. The van der Waals surface area contributed by atoms with Gasteiger partial charge in [-0.3, -0.25) is 14.5 Å². The maximum absolute atomic E-state index is 13.1. The fourth-order valence-electron chi connectivity index (χ4n) is 7.19. The van der Waals surface area contributed by atoms with Gasteiger partial charge in [-0.25, -0.2) is 4.79 Å². The monoisotopic (exact) mass is 626 g/mol. The number of aliphatic carboxylic acids is 2. The number of nitrogens with zero attached hydrogens (tertiary/aromatic N) is 2. The maximum Gasteiger partial charge on any atom is 0.326 e. The first-order valence-electron chi connectivity index (χ1n) is 14.9. The van der Waals surface area contributed by atoms with E-state index in [1.54, 1.807) is 6.08 Å². The molecule has 0 aromatic heterocycles. The highest BCUT2D eigenvalue weighted by Gasteiger charge is 2.57. The summed E-state index contributed by atoms with van der Waals surface area (Å²) in [6, 6.07) is 24.1. The molecule has 2 heterocycles. The van der Waals surface area contributed by atoms with Gasteiger partial charge in [-0.1, -0.05) is 92.3 Å². The summed E-state index contributed by atoms with van der Waals surface area (Å²) in [6.45, 7) is 4.84. The first kappa shape index (κ1) is 30.1. The van der Waals surface area contributed by atoms with E-state index < -0.39 is 23.9 Å². The van der Waals surface area contributed by atoms with Crippen molar-refractivity contribution >= 4 is 63.6 Å². The number of carboxylic acids is 2. The van der Waals surface area contributed by atoms with Crippen LogP contribution in [0.25, 0.3) is 17.2 Å². The molecule has 3 atom stereocenters. The molecule has 2 aliphatic heterocycles. The number of hydrogen-bond donors (Lipinski definition) is 2. The summed E-state index contributed by atoms with van der Waals surface area (Å²) in [5.41, 5.74) is 6.86. The number of amides is 1. The van der Waals surface area contributed by atoms with Gasteiger partial charge in [0.15, 0.2) is 0 Å². The predicted octanol–water partition coefficient (Wildman–Crippen LogP) is 7.61. The number of benzene rings is 3. The lowest BCUT2D eigenvalue weighted by Gasteiger charge is -2.50. The van der Waals surface area contributed by atoms with Crippen LogP contribution in [0.1, 0.15) is 63.5 Å². The van der Waals surface area contributed by atoms with Crippen LogP contribution in [0.5, 0.6) is 0 Å². The standard InChI is InChI=1S/C35H34N2O5S2/c1-34-18-6-7-19-35(34,2)37(25-8-4-3-5-9-25)27-15-14-24(21-26(27)34)23-12-10-22(11-13-23)20-29-31(40)36(33(43)44-29)28(32(41)42)16-17-30(38)39/h3-5,8-15,20-21,28H,6-7,16-19H2,1-2H3,(H,38,39)(H,41,42)/b29-20-. The molecule has 0 spiro atoms. The number of rotatable bonds is 8. The second-order valence-electron chi connectivity index (χ2n) is 12.2. The Kier molecular flexibility index (Phi) is 7.88. The number of carbonyl (C=O) groups is 3. The second kappa shape index (κ2) is 11.5. The van der Waals surface area contributed by atoms with E-state index in [0.717, 1.165) is 46.2 Å². The van der Waals surface area contributed by atoms with Crippen molar-refractivity contribution in [1.29, 1.82) is 0 Å². The third kappa shape index (κ3) is 5.02. The zero-order valence-corrected chi connectivity index (χ0v) is 26.3. The van der Waals surface area contributed by atoms with E-state index >= 15 is 0 Å². The highest BCUT2D eigenvalue weighted by Crippen LogP contribution is 2.61. The lowest BCUT2D eigenvalue weighted by Crippen LogP contribution is -2.54. The Balaban J connectivity index is 1.28. The van der Waals surface area contributed by atoms with Crippen molar-refractivity contribution in [3.63, 3.8) is 0 Å². The largest absolute Gasteiger partial charge is 0.481 e. The van der Waals surface area contributed by atoms with Crippen LogP contribution in [0.15, 0.2) is 77.7 Å². The van der Waals surface area contributed by atoms with Crippen molar-refractivity contribution in [2.45, 2.75) is 69.4 Å². The van der Waals surface area contributed by atoms with Crippen molar-refractivity contribution in [2.24, 2.45) is 0 Å². The smallest absolute Gasteiger partial charge is 0.326 e. The third-order valence-electron chi connectivity index (χ3n) is 9.71. The van der Waals surface area contributed by atoms with E-state index in [9.17, 15) is 19.5 Å². The number of anilines is 2. The van der Waals surface area contributed by atoms with Crippen LogP contribution in [-0.2, 0) is 19.8 Å². The van der Waals surface area contributed by atoms with Gasteiger partial charge < -0.3 is 15.1 Å². The lowest BCUT2D eigenvalue weighted by molar-refractivity contribution is -0.146. The van der Waals surface area contributed by atoms with Crippen LogP contribution in [0, 0.1) is 0 Å². The van der Waals surface area contributed by atoms with Gasteiger partial charge in [-0.05, 0) is 78.8 Å². The van der Waals surface area contributed by atoms with Crippen molar-refractivity contribution in [3.05, 3.63) is 88.8 Å². The number of hydrogen-bond acceptors (Lipinski definition) is 6. The van der Waals surface area contributed by atoms with Crippen molar-refractivity contribution in [3.8, 4) is 11.1 Å². The summed E-state index contributed by atoms with van der Waals surface area (Å²) in [4.78, 5) is 39.9. The number of carbonyl (C=O) groups excluding carboxylic acids is 1. The van der Waals surface area contributed by atoms with Crippen molar-refractivity contribution < 1.29 is 24.6 Å². The van der Waals surface area contributed by atoms with Crippen molar-refractivity contribution in [2.75, 3.05) is 4.90 Å². The molecule has 2 fully saturated rings. The molecule has 3 aromatic rings. The molecule has 1 amide bonds. The fraction of sp³-hybridized carbons (Fsp3) is 0.314. The molecule has 1 saturated heterocycles. The van der Waals surface area contributed by atoms with Gasteiger partial charge in [-0.2, -0.15) is 0 Å². The average molecular weight is 627 g/mol. The molecule has 6 rings (SSSR count). The Morgan fingerprint density at radius 1 is 0.977 bits per heavy atom. The van der Waals surface area contributed by atoms with E-state index in [0.29, 0.717) is 4.91 Å². The summed E-state index contributed by atoms with van der Waals surface area (Å²) in [5.74, 6) is -2.93. The molecule has 44 heavy (non-hydrogen) atoms. The molecule has 3 aliphatic rings. The minimum atomic E-state index is -1.32. The zero-order chi connectivity index (χ0) is 31.2. The Labute approximate surface area is 266 Å². The van der Waals surface area contributed by atoms with E-state index in [2.05, 4.69) is 67.3 Å². The molecule has 7 nitrogen and oxygen atoms in total. The van der Waals surface area contributed by atoms with Crippen LogP contribution in [0.4, 0.5) is 11.4 Å². The molecule has 0 bridgehead atoms. The minimum absolute atomic E-state index is 0.0133. The number of thiocarbonyl (C=S) groups is 1. The highest BCUT2D eigenvalue weighted by atomic mass is 32.2. The Morgan fingerprint density at radius 3 is 2.34 bits per heavy atom. The summed E-state index contributed by atoms with van der Waals surface area (Å²) >= 11 is 6.35. The molecule has 0 radical (unpaired) electrons. The van der Waals surface area contributed by atoms with Crippen LogP contribution < -0.4 is 4.90 Å². The molecular weight excluding hydrogens is 593 g/mol. The van der Waals surface area contributed by atoms with Gasteiger partial charge in [0.25, 0.3) is 5.91 Å². The van der Waals surface area contributed by atoms with Gasteiger partial charge in [-0.15, -0.1) is 0 Å². The summed E-state index contributed by atoms with van der Waals surface area (Å²) in [5, 5.41) is 18.6. The van der Waals surface area contributed by atoms with Crippen LogP contribution in [-0.4, -0.2) is 48.9 Å². The molecule has 9 heteroatoms. The Morgan fingerprint density at radius 2 is 1.66 bits per heavy atom. The van der Waals surface area contributed by atoms with Crippen LogP contribution in [0.3, 0.4) is 0 Å². The fourth-order valence-corrected chi connectivity index (χ4v) is 8.55. The molecule has 2 N–H and O–H groups in total. The number of fused-ring (bicyclic) bond motifs is 3. The number of thioether (sulfide) groups is 1. The maximum atomic E-state index is 13.1. The minimum Gasteiger partial charge on any atom is -0.481 e. The summed E-state index contributed by atoms with van der Waals surface area (Å²) in [6.07, 6.45) is 5.81. The third-order valence-corrected chi connectivity index (χ3v) is 11.0. The van der Waals surface area contributed by atoms with Crippen LogP contribution >= 0.6 is 24.0 Å². The topological polar surface area (TPSA) is 98.2 Å². The van der Waals surface area contributed by atoms with Gasteiger partial charge in [0.05, 0.1) is 10.4 Å². The average Bonchev–Trinajstić information content (AvgIpc) is 3.39. The van der Waals surface area contributed by atoms with E-state index in [-0.39, 0.29) is 28.1 Å². The number of carboxylic acid groups (broad SMARTS) is 2. The quantitative estimate of drug-likeness (QED) is 0.195. The normalized spacial score (nSPS) is 24.4. The van der Waals surface area contributed by atoms with E-state index in [1.807, 2.05) is 24.3 Å². The van der Waals surface area contributed by atoms with E-state index in [4.69, 9.17) is 17.3 Å². The zero-order valence-electron chi connectivity index (χ0n) is 24.7. The summed E-state index contributed by atoms with van der Waals surface area (Å²) < 4.78 is 0.113. The van der Waals surface area contributed by atoms with E-state index in [1.165, 1.54) is 29.8 Å². The lowest BCUT2D eigenvalue weighted by atomic mass is 9.61. The van der Waals surface area contributed by atoms with Gasteiger partial charge in [0.1, 0.15) is 10.4 Å². The molecule has 226 valence electrons. The first-order chi connectivity index (χ1) is 21.0. The van der Waals surface area contributed by atoms with Gasteiger partial charge in [0.2, 0.25) is 0 Å². The predicted molar refractivity (Wildman–Crippen MR) is 178 cm³/mol. The molecule has 3 unspecified atom stereocenters. The van der Waals surface area contributed by atoms with Crippen LogP contribution in [0.2, 0.25) is 0 Å². The molecule has 1 aliphatic carbocycles. The highest BCUT2D eigenvalue weighted by molar-refractivity contribution is 8.26. The molecule has 1 saturated carbocycles. The SMILES string of the molecule is CC12CCCCC1(C)N(c1ccccc1)c1ccc(-c3ccc(/C=C4\SC(=S)N(C(CCC(=O)O)C(=O)O)C4=O)cc3)cc12. The van der Waals surface area contributed by atoms with Gasteiger partial charge in [0, 0.05) is 23.2 Å².